The summed E-state index contributed by atoms with van der Waals surface area (Å²) in [5.74, 6) is 0. The van der Waals surface area contributed by atoms with Gasteiger partial charge in [-0.2, -0.15) is 0 Å². The lowest BCUT2D eigenvalue weighted by Gasteiger charge is -2.16. The van der Waals surface area contributed by atoms with Gasteiger partial charge in [0, 0.05) is 12.3 Å². The van der Waals surface area contributed by atoms with E-state index in [1.54, 1.807) is 0 Å². The Balaban J connectivity index is 2.45. The summed E-state index contributed by atoms with van der Waals surface area (Å²) in [5, 5.41) is 0. The van der Waals surface area contributed by atoms with Crippen LogP contribution in [-0.4, -0.2) is 25.5 Å². The zero-order valence-corrected chi connectivity index (χ0v) is 7.52. The molecule has 1 aliphatic heterocycles. The molecule has 0 radical (unpaired) electrons. The Morgan fingerprint density at radius 3 is 2.12 bits per heavy atom. The molecule has 0 aromatic carbocycles. The van der Waals surface area contributed by atoms with E-state index in [2.05, 4.69) is 22.0 Å². The lowest BCUT2D eigenvalue weighted by atomic mass is 10.8. The maximum atomic E-state index is 11.1. The first-order valence-corrected chi connectivity index (χ1v) is 7.42. The van der Waals surface area contributed by atoms with Crippen LogP contribution in [0.5, 0.6) is 0 Å². The van der Waals surface area contributed by atoms with Crippen molar-refractivity contribution < 1.29 is 9.30 Å². The summed E-state index contributed by atoms with van der Waals surface area (Å²) in [5.41, 5.74) is 0. The molecule has 48 valence electrons. The molecule has 0 saturated carbocycles. The van der Waals surface area contributed by atoms with Crippen LogP contribution < -0.4 is 0 Å². The van der Waals surface area contributed by atoms with Crippen molar-refractivity contribution in [1.29, 1.82) is 0 Å². The van der Waals surface area contributed by atoms with Gasteiger partial charge in [0.05, 0.1) is 13.2 Å². The van der Waals surface area contributed by atoms with E-state index in [0.29, 0.717) is 13.2 Å². The molecule has 1 aliphatic rings. The highest BCUT2D eigenvalue weighted by Crippen LogP contribution is 2.55. The van der Waals surface area contributed by atoms with Crippen molar-refractivity contribution >= 4 is 26.8 Å². The maximum absolute atomic E-state index is 11.1. The van der Waals surface area contributed by atoms with E-state index in [4.69, 9.17) is 4.74 Å². The van der Waals surface area contributed by atoms with Gasteiger partial charge in [0.2, 0.25) is 0 Å². The lowest BCUT2D eigenvalue weighted by Crippen LogP contribution is -2.11. The van der Waals surface area contributed by atoms with Crippen LogP contribution in [-0.2, 0) is 9.30 Å². The fourth-order valence-corrected chi connectivity index (χ4v) is 2.82. The van der Waals surface area contributed by atoms with Crippen LogP contribution in [0.4, 0.5) is 0 Å². The van der Waals surface area contributed by atoms with Crippen LogP contribution in [0.1, 0.15) is 0 Å². The minimum atomic E-state index is -1.74. The highest BCUT2D eigenvalue weighted by atomic mass is 127. The van der Waals surface area contributed by atoms with Crippen LogP contribution in [0.3, 0.4) is 0 Å². The largest absolute Gasteiger partial charge is 0.380 e. The predicted octanol–water partition coefficient (Wildman–Crippen LogP) is 1.73. The predicted molar refractivity (Wildman–Crippen MR) is 42.2 cm³/mol. The fraction of sp³-hybridized carbons (Fsp3) is 1.00. The topological polar surface area (TPSA) is 26.3 Å². The Kier molecular flexibility index (Phi) is 2.35. The number of halogens is 1. The van der Waals surface area contributed by atoms with Gasteiger partial charge in [-0.05, 0) is 22.0 Å². The normalized spacial score (nSPS) is 27.6. The van der Waals surface area contributed by atoms with E-state index in [1.807, 2.05) is 0 Å². The molecule has 0 aromatic rings. The van der Waals surface area contributed by atoms with E-state index in [1.165, 1.54) is 0 Å². The summed E-state index contributed by atoms with van der Waals surface area (Å²) in [6.45, 7) is 1.39. The molecule has 4 heteroatoms. The lowest BCUT2D eigenvalue weighted by molar-refractivity contribution is 0.157. The Morgan fingerprint density at radius 1 is 1.38 bits per heavy atom. The molecule has 0 aliphatic carbocycles. The third kappa shape index (κ3) is 2.03. The van der Waals surface area contributed by atoms with Gasteiger partial charge in [-0.15, -0.1) is 0 Å². The van der Waals surface area contributed by atoms with Gasteiger partial charge in [-0.1, -0.05) is 0 Å². The van der Waals surface area contributed by atoms with Crippen molar-refractivity contribution in [2.24, 2.45) is 0 Å². The van der Waals surface area contributed by atoms with Gasteiger partial charge in [0.25, 0.3) is 0 Å². The van der Waals surface area contributed by atoms with Crippen LogP contribution in [0.15, 0.2) is 0 Å². The van der Waals surface area contributed by atoms with Crippen molar-refractivity contribution in [3.05, 3.63) is 0 Å². The van der Waals surface area contributed by atoms with E-state index in [-0.39, 0.29) is 0 Å². The molecule has 0 spiro atoms. The standard InChI is InChI=1S/C4H8IO2P/c5-8(6)3-1-7-2-4-8/h1-4H2. The molecular weight excluding hydrogens is 238 g/mol. The first-order valence-electron chi connectivity index (χ1n) is 2.56. The van der Waals surface area contributed by atoms with Gasteiger partial charge in [0.15, 0.2) is 0 Å². The summed E-state index contributed by atoms with van der Waals surface area (Å²) < 4.78 is 16.2. The minimum absolute atomic E-state index is 0.695. The Hall–Kier alpha value is 0.920. The van der Waals surface area contributed by atoms with E-state index in [9.17, 15) is 4.57 Å². The number of hydrogen-bond donors (Lipinski definition) is 0. The van der Waals surface area contributed by atoms with Gasteiger partial charge in [0.1, 0.15) is 4.78 Å². The van der Waals surface area contributed by atoms with Gasteiger partial charge in [-0.25, -0.2) is 0 Å². The van der Waals surface area contributed by atoms with Gasteiger partial charge < -0.3 is 9.30 Å². The first-order chi connectivity index (χ1) is 3.71. The average Bonchev–Trinajstić information content (AvgIpc) is 1.65. The molecule has 1 heterocycles. The monoisotopic (exact) mass is 246 g/mol. The summed E-state index contributed by atoms with van der Waals surface area (Å²) >= 11 is 2.07. The molecule has 0 N–H and O–H groups in total. The quantitative estimate of drug-likeness (QED) is 0.480. The molecule has 1 fully saturated rings. The molecule has 8 heavy (non-hydrogen) atoms. The molecule has 0 bridgehead atoms. The van der Waals surface area contributed by atoms with Crippen molar-refractivity contribution in [2.45, 2.75) is 0 Å². The third-order valence-corrected chi connectivity index (χ3v) is 5.73. The summed E-state index contributed by atoms with van der Waals surface area (Å²) in [6, 6.07) is 0. The Bertz CT molecular complexity index is 115. The number of rotatable bonds is 0. The maximum Gasteiger partial charge on any atom is 0.147 e. The fourth-order valence-electron chi connectivity index (χ4n) is 0.616. The summed E-state index contributed by atoms with van der Waals surface area (Å²) in [7, 11) is 0. The number of hydrogen-bond acceptors (Lipinski definition) is 2. The Labute approximate surface area is 61.8 Å². The molecule has 0 amide bonds. The highest BCUT2D eigenvalue weighted by molar-refractivity contribution is 14.2. The summed E-state index contributed by atoms with van der Waals surface area (Å²) in [4.78, 5) is -1.74. The second kappa shape index (κ2) is 2.67. The van der Waals surface area contributed by atoms with Crippen molar-refractivity contribution in [2.75, 3.05) is 25.5 Å². The van der Waals surface area contributed by atoms with E-state index in [0.717, 1.165) is 12.3 Å². The van der Waals surface area contributed by atoms with Crippen LogP contribution in [0.25, 0.3) is 0 Å². The molecule has 1 saturated heterocycles. The second-order valence-corrected chi connectivity index (χ2v) is 9.60. The van der Waals surface area contributed by atoms with Crippen molar-refractivity contribution in [3.8, 4) is 0 Å². The molecule has 0 unspecified atom stereocenters. The first kappa shape index (κ1) is 7.03. The Morgan fingerprint density at radius 2 is 1.88 bits per heavy atom. The molecular formula is C4H8IO2P. The second-order valence-electron chi connectivity index (χ2n) is 1.85. The molecule has 2 nitrogen and oxygen atoms in total. The van der Waals surface area contributed by atoms with Gasteiger partial charge >= 0.3 is 0 Å². The molecule has 0 aromatic heterocycles. The molecule has 1 rings (SSSR count). The zero-order chi connectivity index (χ0) is 6.04. The van der Waals surface area contributed by atoms with E-state index < -0.39 is 4.78 Å². The van der Waals surface area contributed by atoms with Crippen LogP contribution in [0.2, 0.25) is 0 Å². The minimum Gasteiger partial charge on any atom is -0.380 e. The smallest absolute Gasteiger partial charge is 0.147 e. The SMILES string of the molecule is O=P1(I)CCOCC1. The highest BCUT2D eigenvalue weighted by Gasteiger charge is 2.20. The zero-order valence-electron chi connectivity index (χ0n) is 4.47. The van der Waals surface area contributed by atoms with Crippen molar-refractivity contribution in [3.63, 3.8) is 0 Å². The van der Waals surface area contributed by atoms with E-state index >= 15 is 0 Å². The molecule has 0 atom stereocenters. The van der Waals surface area contributed by atoms with Crippen molar-refractivity contribution in [1.82, 2.24) is 0 Å². The summed E-state index contributed by atoms with van der Waals surface area (Å²) in [6.07, 6.45) is 1.54. The average molecular weight is 246 g/mol. The van der Waals surface area contributed by atoms with Crippen LogP contribution >= 0.6 is 26.8 Å². The number of ether oxygens (including phenoxy) is 1. The third-order valence-electron chi connectivity index (χ3n) is 1.14. The van der Waals surface area contributed by atoms with Crippen LogP contribution in [0, 0.1) is 0 Å². The van der Waals surface area contributed by atoms with Gasteiger partial charge in [-0.3, -0.25) is 0 Å².